The van der Waals surface area contributed by atoms with E-state index in [9.17, 15) is 8.78 Å². The third-order valence-electron chi connectivity index (χ3n) is 3.30. The van der Waals surface area contributed by atoms with Crippen molar-refractivity contribution in [2.45, 2.75) is 13.1 Å². The van der Waals surface area contributed by atoms with E-state index in [4.69, 9.17) is 0 Å². The van der Waals surface area contributed by atoms with Crippen LogP contribution in [-0.2, 0) is 13.1 Å². The van der Waals surface area contributed by atoms with Crippen LogP contribution in [0.15, 0.2) is 67.3 Å². The highest BCUT2D eigenvalue weighted by Crippen LogP contribution is 2.05. The summed E-state index contributed by atoms with van der Waals surface area (Å²) in [5.74, 6) is -0.449. The zero-order valence-corrected chi connectivity index (χ0v) is 13.4. The quantitative estimate of drug-likeness (QED) is 0.583. The molecule has 2 nitrogen and oxygen atoms in total. The van der Waals surface area contributed by atoms with Gasteiger partial charge in [0.25, 0.3) is 0 Å². The second kappa shape index (κ2) is 7.31. The van der Waals surface area contributed by atoms with Crippen LogP contribution in [0, 0.1) is 11.6 Å². The minimum atomic E-state index is -0.224. The first kappa shape index (κ1) is 16.4. The third kappa shape index (κ3) is 4.24. The van der Waals surface area contributed by atoms with Gasteiger partial charge in [-0.25, -0.2) is 17.9 Å². The monoisotopic (exact) mass is 364 g/mol. The highest BCUT2D eigenvalue weighted by atomic mass is 79.9. The van der Waals surface area contributed by atoms with Crippen LogP contribution in [0.1, 0.15) is 11.1 Å². The molecule has 0 N–H and O–H groups in total. The van der Waals surface area contributed by atoms with Gasteiger partial charge in [0.15, 0.2) is 0 Å². The van der Waals surface area contributed by atoms with Crippen molar-refractivity contribution >= 4 is 0 Å². The van der Waals surface area contributed by atoms with Crippen LogP contribution in [0.25, 0.3) is 0 Å². The van der Waals surface area contributed by atoms with Gasteiger partial charge in [0.2, 0.25) is 6.33 Å². The Balaban J connectivity index is 0.00000176. The summed E-state index contributed by atoms with van der Waals surface area (Å²) in [5.41, 5.74) is 2.09. The molecule has 22 heavy (non-hydrogen) atoms. The smallest absolute Gasteiger partial charge is 0.244 e. The van der Waals surface area contributed by atoms with Gasteiger partial charge in [-0.05, 0) is 35.4 Å². The third-order valence-corrected chi connectivity index (χ3v) is 3.30. The second-order valence-corrected chi connectivity index (χ2v) is 5.01. The summed E-state index contributed by atoms with van der Waals surface area (Å²) < 4.78 is 29.8. The van der Waals surface area contributed by atoms with Gasteiger partial charge >= 0.3 is 0 Å². The average molecular weight is 365 g/mol. The first-order valence-electron chi connectivity index (χ1n) is 6.73. The predicted octanol–water partition coefficient (Wildman–Crippen LogP) is 0.154. The fourth-order valence-electron chi connectivity index (χ4n) is 2.23. The molecule has 2 aromatic carbocycles. The Morgan fingerprint density at radius 2 is 1.36 bits per heavy atom. The van der Waals surface area contributed by atoms with Gasteiger partial charge in [-0.15, -0.1) is 0 Å². The largest absolute Gasteiger partial charge is 1.00 e. The maximum absolute atomic E-state index is 12.9. The molecule has 0 atom stereocenters. The zero-order chi connectivity index (χ0) is 14.7. The Kier molecular flexibility index (Phi) is 5.44. The number of imidazole rings is 1. The number of hydrogen-bond donors (Lipinski definition) is 0. The first-order valence-corrected chi connectivity index (χ1v) is 6.73. The maximum Gasteiger partial charge on any atom is 0.244 e. The molecular weight excluding hydrogens is 350 g/mol. The van der Waals surface area contributed by atoms with Crippen molar-refractivity contribution in [2.75, 3.05) is 0 Å². The zero-order valence-electron chi connectivity index (χ0n) is 11.8. The Bertz CT molecular complexity index is 659. The molecule has 0 saturated carbocycles. The molecule has 0 aliphatic heterocycles. The Morgan fingerprint density at radius 3 is 1.95 bits per heavy atom. The molecule has 0 fully saturated rings. The molecule has 3 rings (SSSR count). The lowest BCUT2D eigenvalue weighted by Gasteiger charge is -1.99. The van der Waals surface area contributed by atoms with Crippen LogP contribution in [0.5, 0.6) is 0 Å². The molecule has 0 bridgehead atoms. The maximum atomic E-state index is 12.9. The molecule has 0 radical (unpaired) electrons. The minimum absolute atomic E-state index is 0. The molecule has 5 heteroatoms. The van der Waals surface area contributed by atoms with E-state index in [0.29, 0.717) is 13.1 Å². The summed E-state index contributed by atoms with van der Waals surface area (Å²) >= 11 is 0. The average Bonchev–Trinajstić information content (AvgIpc) is 2.91. The molecular formula is C17H15BrF2N2. The molecule has 3 aromatic rings. The second-order valence-electron chi connectivity index (χ2n) is 5.01. The minimum Gasteiger partial charge on any atom is -1.00 e. The van der Waals surface area contributed by atoms with Crippen molar-refractivity contribution in [3.05, 3.63) is 90.0 Å². The normalized spacial score (nSPS) is 10.3. The van der Waals surface area contributed by atoms with E-state index in [1.165, 1.54) is 24.3 Å². The topological polar surface area (TPSA) is 8.81 Å². The number of nitrogens with zero attached hydrogens (tertiary/aromatic N) is 2. The molecule has 0 aliphatic rings. The summed E-state index contributed by atoms with van der Waals surface area (Å²) in [6, 6.07) is 13.0. The number of hydrogen-bond acceptors (Lipinski definition) is 0. The van der Waals surface area contributed by atoms with E-state index in [1.807, 2.05) is 27.9 Å². The lowest BCUT2D eigenvalue weighted by molar-refractivity contribution is -0.687. The van der Waals surface area contributed by atoms with Gasteiger partial charge in [-0.1, -0.05) is 24.3 Å². The van der Waals surface area contributed by atoms with E-state index in [1.54, 1.807) is 24.3 Å². The van der Waals surface area contributed by atoms with Crippen molar-refractivity contribution in [2.24, 2.45) is 0 Å². The van der Waals surface area contributed by atoms with Gasteiger partial charge in [-0.3, -0.25) is 0 Å². The standard InChI is InChI=1S/C17H15F2N2.BrH/c18-16-5-1-14(2-6-16)11-20-9-10-21(13-20)12-15-3-7-17(19)8-4-15;/h1-10,13H,11-12H2;1H/q+1;/p-1. The summed E-state index contributed by atoms with van der Waals surface area (Å²) in [6.45, 7) is 1.38. The van der Waals surface area contributed by atoms with E-state index in [0.717, 1.165) is 11.1 Å². The predicted molar refractivity (Wildman–Crippen MR) is 75.6 cm³/mol. The van der Waals surface area contributed by atoms with E-state index in [2.05, 4.69) is 0 Å². The molecule has 1 aromatic heterocycles. The van der Waals surface area contributed by atoms with Gasteiger partial charge in [-0.2, -0.15) is 0 Å². The van der Waals surface area contributed by atoms with Crippen LogP contribution >= 0.6 is 0 Å². The summed E-state index contributed by atoms with van der Waals surface area (Å²) in [6.07, 6.45) is 5.91. The molecule has 0 unspecified atom stereocenters. The van der Waals surface area contributed by atoms with Crippen molar-refractivity contribution < 1.29 is 30.3 Å². The van der Waals surface area contributed by atoms with Gasteiger partial charge in [0.1, 0.15) is 37.1 Å². The summed E-state index contributed by atoms with van der Waals surface area (Å²) in [7, 11) is 0. The van der Waals surface area contributed by atoms with E-state index < -0.39 is 0 Å². The van der Waals surface area contributed by atoms with E-state index >= 15 is 0 Å². The Labute approximate surface area is 138 Å². The van der Waals surface area contributed by atoms with Crippen molar-refractivity contribution in [1.82, 2.24) is 4.57 Å². The first-order chi connectivity index (χ1) is 10.2. The van der Waals surface area contributed by atoms with Crippen molar-refractivity contribution in [1.29, 1.82) is 0 Å². The number of rotatable bonds is 4. The number of aromatic nitrogens is 2. The number of benzene rings is 2. The lowest BCUT2D eigenvalue weighted by atomic mass is 10.2. The van der Waals surface area contributed by atoms with Crippen LogP contribution in [0.3, 0.4) is 0 Å². The van der Waals surface area contributed by atoms with Crippen LogP contribution in [-0.4, -0.2) is 4.57 Å². The Morgan fingerprint density at radius 1 is 0.818 bits per heavy atom. The van der Waals surface area contributed by atoms with Crippen LogP contribution in [0.2, 0.25) is 0 Å². The van der Waals surface area contributed by atoms with Crippen molar-refractivity contribution in [3.8, 4) is 0 Å². The Hall–Kier alpha value is -2.01. The molecule has 0 aliphatic carbocycles. The SMILES string of the molecule is Fc1ccc(Cn2cc[n+](Cc3ccc(F)cc3)c2)cc1.[Br-]. The summed E-state index contributed by atoms with van der Waals surface area (Å²) in [4.78, 5) is 0. The molecule has 114 valence electrons. The fraction of sp³-hybridized carbons (Fsp3) is 0.118. The fourth-order valence-corrected chi connectivity index (χ4v) is 2.23. The summed E-state index contributed by atoms with van der Waals surface area (Å²) in [5, 5.41) is 0. The van der Waals surface area contributed by atoms with Crippen LogP contribution < -0.4 is 21.5 Å². The van der Waals surface area contributed by atoms with Gasteiger partial charge in [0, 0.05) is 0 Å². The lowest BCUT2D eigenvalue weighted by Crippen LogP contribution is -3.00. The molecule has 0 saturated heterocycles. The molecule has 0 spiro atoms. The van der Waals surface area contributed by atoms with Crippen molar-refractivity contribution in [3.63, 3.8) is 0 Å². The highest BCUT2D eigenvalue weighted by molar-refractivity contribution is 5.16. The number of halogens is 3. The molecule has 1 heterocycles. The van der Waals surface area contributed by atoms with Gasteiger partial charge in [0.05, 0.1) is 0 Å². The van der Waals surface area contributed by atoms with Crippen LogP contribution in [0.4, 0.5) is 8.78 Å². The molecule has 0 amide bonds. The van der Waals surface area contributed by atoms with Gasteiger partial charge < -0.3 is 17.0 Å². The highest BCUT2D eigenvalue weighted by Gasteiger charge is 2.06. The van der Waals surface area contributed by atoms with E-state index in [-0.39, 0.29) is 28.6 Å².